The maximum Gasteiger partial charge on any atom is 0.123 e. The van der Waals surface area contributed by atoms with Gasteiger partial charge in [-0.3, -0.25) is 5.41 Å². The maximum atomic E-state index is 8.70. The van der Waals surface area contributed by atoms with Gasteiger partial charge in [-0.2, -0.15) is 0 Å². The van der Waals surface area contributed by atoms with Crippen LogP contribution in [0.3, 0.4) is 0 Å². The Balaban J connectivity index is 1.57. The normalized spacial score (nSPS) is 10.7. The monoisotopic (exact) mass is 382 g/mol. The summed E-state index contributed by atoms with van der Waals surface area (Å²) in [4.78, 5) is 0. The predicted molar refractivity (Wildman–Crippen MR) is 118 cm³/mol. The van der Waals surface area contributed by atoms with Gasteiger partial charge in [-0.25, -0.2) is 0 Å². The van der Waals surface area contributed by atoms with Crippen molar-refractivity contribution in [2.75, 3.05) is 12.8 Å². The molecule has 4 aromatic carbocycles. The lowest BCUT2D eigenvalue weighted by atomic mass is 9.97. The van der Waals surface area contributed by atoms with E-state index in [1.54, 1.807) is 7.11 Å². The first-order valence-corrected chi connectivity index (χ1v) is 9.37. The van der Waals surface area contributed by atoms with Gasteiger partial charge in [-0.15, -0.1) is 0 Å². The number of hydrogen-bond donors (Lipinski definition) is 2. The van der Waals surface area contributed by atoms with Crippen molar-refractivity contribution in [3.63, 3.8) is 0 Å². The second-order valence-electron chi connectivity index (χ2n) is 6.83. The summed E-state index contributed by atoms with van der Waals surface area (Å²) in [6.45, 7) is 0.380. The molecule has 0 saturated carbocycles. The fraction of sp³-hybridized carbons (Fsp3) is 0.0800. The highest BCUT2D eigenvalue weighted by Gasteiger charge is 2.11. The van der Waals surface area contributed by atoms with Gasteiger partial charge in [0.05, 0.1) is 12.8 Å². The molecule has 0 amide bonds. The molecular formula is C25H22N2O2. The minimum Gasteiger partial charge on any atom is -0.497 e. The van der Waals surface area contributed by atoms with Crippen LogP contribution in [0, 0.1) is 5.41 Å². The minimum absolute atomic E-state index is 0.380. The van der Waals surface area contributed by atoms with Gasteiger partial charge < -0.3 is 15.2 Å². The van der Waals surface area contributed by atoms with Crippen LogP contribution in [-0.2, 0) is 6.61 Å². The number of fused-ring (bicyclic) bond motifs is 1. The lowest BCUT2D eigenvalue weighted by Crippen LogP contribution is -2.07. The molecule has 0 fully saturated rings. The van der Waals surface area contributed by atoms with Crippen LogP contribution in [0.25, 0.3) is 10.8 Å². The summed E-state index contributed by atoms with van der Waals surface area (Å²) in [7, 11) is 1.63. The average Bonchev–Trinajstić information content (AvgIpc) is 2.78. The number of anilines is 1. The van der Waals surface area contributed by atoms with Crippen LogP contribution in [0.1, 0.15) is 16.7 Å². The number of nitrogen functional groups attached to an aromatic ring is 1. The molecule has 0 aliphatic rings. The first-order valence-electron chi connectivity index (χ1n) is 9.37. The Bertz CT molecular complexity index is 1180. The summed E-state index contributed by atoms with van der Waals surface area (Å²) in [6, 6.07) is 27.3. The second kappa shape index (κ2) is 8.07. The zero-order valence-electron chi connectivity index (χ0n) is 16.2. The first-order chi connectivity index (χ1) is 14.1. The van der Waals surface area contributed by atoms with E-state index in [1.165, 1.54) is 0 Å². The first kappa shape index (κ1) is 18.6. The maximum absolute atomic E-state index is 8.70. The number of nitrogens with two attached hydrogens (primary N) is 1. The fourth-order valence-electron chi connectivity index (χ4n) is 3.27. The zero-order valence-corrected chi connectivity index (χ0v) is 16.2. The topological polar surface area (TPSA) is 68.3 Å². The van der Waals surface area contributed by atoms with Crippen molar-refractivity contribution in [3.05, 3.63) is 102 Å². The number of rotatable bonds is 6. The lowest BCUT2D eigenvalue weighted by molar-refractivity contribution is 0.303. The van der Waals surface area contributed by atoms with E-state index in [-0.39, 0.29) is 0 Å². The Labute approximate surface area is 170 Å². The second-order valence-corrected chi connectivity index (χ2v) is 6.83. The third-order valence-electron chi connectivity index (χ3n) is 4.87. The Morgan fingerprint density at radius 3 is 2.45 bits per heavy atom. The van der Waals surface area contributed by atoms with Crippen molar-refractivity contribution in [3.8, 4) is 11.5 Å². The van der Waals surface area contributed by atoms with E-state index in [9.17, 15) is 0 Å². The number of hydrogen-bond acceptors (Lipinski definition) is 4. The summed E-state index contributed by atoms with van der Waals surface area (Å²) >= 11 is 0. The molecule has 0 bridgehead atoms. The van der Waals surface area contributed by atoms with Gasteiger partial charge in [0.15, 0.2) is 0 Å². The molecule has 0 heterocycles. The van der Waals surface area contributed by atoms with Gasteiger partial charge >= 0.3 is 0 Å². The third kappa shape index (κ3) is 4.06. The quantitative estimate of drug-likeness (QED) is 0.345. The van der Waals surface area contributed by atoms with Gasteiger partial charge in [0.1, 0.15) is 18.1 Å². The highest BCUT2D eigenvalue weighted by atomic mass is 16.5. The zero-order chi connectivity index (χ0) is 20.2. The van der Waals surface area contributed by atoms with Gasteiger partial charge in [-0.05, 0) is 46.7 Å². The van der Waals surface area contributed by atoms with Crippen LogP contribution in [0.2, 0.25) is 0 Å². The lowest BCUT2D eigenvalue weighted by Gasteiger charge is -2.12. The van der Waals surface area contributed by atoms with E-state index in [4.69, 9.17) is 20.6 Å². The fourth-order valence-corrected chi connectivity index (χ4v) is 3.27. The molecule has 0 atom stereocenters. The molecule has 0 spiro atoms. The van der Waals surface area contributed by atoms with E-state index in [1.807, 2.05) is 78.9 Å². The Morgan fingerprint density at radius 1 is 0.828 bits per heavy atom. The van der Waals surface area contributed by atoms with Gasteiger partial charge in [-0.1, -0.05) is 48.5 Å². The van der Waals surface area contributed by atoms with E-state index < -0.39 is 0 Å². The van der Waals surface area contributed by atoms with Crippen LogP contribution < -0.4 is 15.2 Å². The van der Waals surface area contributed by atoms with Crippen molar-refractivity contribution >= 4 is 22.2 Å². The molecule has 4 rings (SSSR count). The molecule has 29 heavy (non-hydrogen) atoms. The molecule has 0 aromatic heterocycles. The van der Waals surface area contributed by atoms with E-state index in [0.29, 0.717) is 23.6 Å². The number of nitrogens with one attached hydrogen (secondary N) is 1. The van der Waals surface area contributed by atoms with Crippen molar-refractivity contribution in [2.24, 2.45) is 0 Å². The molecule has 144 valence electrons. The van der Waals surface area contributed by atoms with Gasteiger partial charge in [0, 0.05) is 22.9 Å². The molecule has 0 unspecified atom stereocenters. The van der Waals surface area contributed by atoms with E-state index in [0.717, 1.165) is 33.4 Å². The molecule has 0 saturated heterocycles. The van der Waals surface area contributed by atoms with Crippen molar-refractivity contribution in [1.82, 2.24) is 0 Å². The third-order valence-corrected chi connectivity index (χ3v) is 4.87. The largest absolute Gasteiger partial charge is 0.497 e. The standard InChI is InChI=1S/C25H22N2O2/c1-28-21-7-4-8-22(15-21)29-16-17-9-12-24(26)23(13-17)25(27)20-11-10-18-5-2-3-6-19(18)14-20/h2-15,27H,16,26H2,1H3. The van der Waals surface area contributed by atoms with Crippen LogP contribution in [0.4, 0.5) is 5.69 Å². The van der Waals surface area contributed by atoms with Gasteiger partial charge in [0.25, 0.3) is 0 Å². The Kier molecular flexibility index (Phi) is 5.16. The van der Waals surface area contributed by atoms with E-state index >= 15 is 0 Å². The van der Waals surface area contributed by atoms with Crippen LogP contribution in [0.15, 0.2) is 84.9 Å². The highest BCUT2D eigenvalue weighted by Crippen LogP contribution is 2.24. The van der Waals surface area contributed by atoms with E-state index in [2.05, 4.69) is 6.07 Å². The van der Waals surface area contributed by atoms with Crippen LogP contribution >= 0.6 is 0 Å². The van der Waals surface area contributed by atoms with Gasteiger partial charge in [0.2, 0.25) is 0 Å². The highest BCUT2D eigenvalue weighted by molar-refractivity contribution is 6.15. The molecule has 4 nitrogen and oxygen atoms in total. The van der Waals surface area contributed by atoms with Crippen LogP contribution in [-0.4, -0.2) is 12.8 Å². The summed E-state index contributed by atoms with van der Waals surface area (Å²) in [5.74, 6) is 1.48. The Hall–Kier alpha value is -3.79. The van der Waals surface area contributed by atoms with Crippen LogP contribution in [0.5, 0.6) is 11.5 Å². The van der Waals surface area contributed by atoms with Crippen molar-refractivity contribution in [1.29, 1.82) is 5.41 Å². The molecule has 4 aromatic rings. The number of ether oxygens (including phenoxy) is 2. The van der Waals surface area contributed by atoms with Crippen molar-refractivity contribution in [2.45, 2.75) is 6.61 Å². The van der Waals surface area contributed by atoms with Crippen molar-refractivity contribution < 1.29 is 9.47 Å². The average molecular weight is 382 g/mol. The smallest absolute Gasteiger partial charge is 0.123 e. The summed E-state index contributed by atoms with van der Waals surface area (Å²) in [5.41, 5.74) is 9.65. The number of methoxy groups -OCH3 is 1. The molecular weight excluding hydrogens is 360 g/mol. The molecule has 0 aliphatic carbocycles. The number of benzene rings is 4. The molecule has 0 radical (unpaired) electrons. The predicted octanol–water partition coefficient (Wildman–Crippen LogP) is 5.43. The Morgan fingerprint density at radius 2 is 1.62 bits per heavy atom. The summed E-state index contributed by atoms with van der Waals surface area (Å²) in [6.07, 6.45) is 0. The molecule has 4 heteroatoms. The molecule has 3 N–H and O–H groups in total. The summed E-state index contributed by atoms with van der Waals surface area (Å²) in [5, 5.41) is 10.9. The minimum atomic E-state index is 0.380. The molecule has 0 aliphatic heterocycles. The SMILES string of the molecule is COc1cccc(OCc2ccc(N)c(C(=N)c3ccc4ccccc4c3)c2)c1. The summed E-state index contributed by atoms with van der Waals surface area (Å²) < 4.78 is 11.1.